The van der Waals surface area contributed by atoms with Crippen LogP contribution in [0.4, 0.5) is 0 Å². The van der Waals surface area contributed by atoms with Gasteiger partial charge in [-0.3, -0.25) is 0 Å². The lowest BCUT2D eigenvalue weighted by Crippen LogP contribution is -2.45. The Kier molecular flexibility index (Phi) is 5.28. The van der Waals surface area contributed by atoms with Gasteiger partial charge >= 0.3 is 5.97 Å². The molecule has 1 unspecified atom stereocenters. The normalized spacial score (nSPS) is 24.0. The monoisotopic (exact) mass is 483 g/mol. The predicted octanol–water partition coefficient (Wildman–Crippen LogP) is 5.32. The molecule has 2 fully saturated rings. The number of fused-ring (bicyclic) bond motifs is 1. The standard InChI is InChI=1S/C28H29N5O3/c1-16(2)26(27(35)36)33-15-24(31-32-33)20-13-28(14-20)11-19(12-28)17-7-8-18-10-23(30-29-22(18)9-17)21-5-3-4-6-25(21)34/h3-10,15-16,19-20,26,34H,11-14H2,1-2H3,(H,35,36). The van der Waals surface area contributed by atoms with E-state index in [1.165, 1.54) is 10.2 Å². The molecule has 2 N–H and O–H groups in total. The van der Waals surface area contributed by atoms with Crippen molar-refractivity contribution in [2.75, 3.05) is 0 Å². The fraction of sp³-hybridized carbons (Fsp3) is 0.393. The van der Waals surface area contributed by atoms with E-state index >= 15 is 0 Å². The van der Waals surface area contributed by atoms with Crippen molar-refractivity contribution >= 4 is 16.9 Å². The number of aromatic hydroxyl groups is 1. The molecule has 1 atom stereocenters. The Balaban J connectivity index is 1.11. The molecule has 2 saturated carbocycles. The van der Waals surface area contributed by atoms with Crippen LogP contribution in [0.1, 0.15) is 68.7 Å². The summed E-state index contributed by atoms with van der Waals surface area (Å²) in [6, 6.07) is 14.9. The van der Waals surface area contributed by atoms with Gasteiger partial charge in [-0.05, 0) is 72.8 Å². The number of hydrogen-bond acceptors (Lipinski definition) is 6. The largest absolute Gasteiger partial charge is 0.507 e. The number of carboxylic acids is 1. The number of para-hydroxylation sites is 1. The van der Waals surface area contributed by atoms with Crippen molar-refractivity contribution in [3.05, 3.63) is 66.0 Å². The van der Waals surface area contributed by atoms with Gasteiger partial charge in [0.25, 0.3) is 0 Å². The highest BCUT2D eigenvalue weighted by Crippen LogP contribution is 2.66. The summed E-state index contributed by atoms with van der Waals surface area (Å²) >= 11 is 0. The molecule has 184 valence electrons. The Morgan fingerprint density at radius 3 is 2.47 bits per heavy atom. The first kappa shape index (κ1) is 22.6. The third-order valence-electron chi connectivity index (χ3n) is 8.10. The highest BCUT2D eigenvalue weighted by atomic mass is 16.4. The molecule has 8 nitrogen and oxygen atoms in total. The van der Waals surface area contributed by atoms with Crippen LogP contribution in [-0.4, -0.2) is 41.4 Å². The van der Waals surface area contributed by atoms with Crippen LogP contribution in [0.3, 0.4) is 0 Å². The number of rotatable bonds is 6. The lowest BCUT2D eigenvalue weighted by Gasteiger charge is -2.57. The fourth-order valence-corrected chi connectivity index (χ4v) is 6.20. The van der Waals surface area contributed by atoms with Crippen molar-refractivity contribution in [2.45, 2.75) is 57.4 Å². The average Bonchev–Trinajstić information content (AvgIpc) is 3.25. The number of aromatic nitrogens is 5. The molecule has 36 heavy (non-hydrogen) atoms. The van der Waals surface area contributed by atoms with Crippen LogP contribution in [0.25, 0.3) is 22.2 Å². The van der Waals surface area contributed by atoms with E-state index in [0.29, 0.717) is 28.5 Å². The SMILES string of the molecule is CC(C)C(C(=O)O)n1cc(C2CC3(CC(c4ccc5cc(-c6ccccc6O)nnc5c4)C3)C2)nn1. The van der Waals surface area contributed by atoms with Gasteiger partial charge in [-0.15, -0.1) is 15.3 Å². The number of hydrogen-bond donors (Lipinski definition) is 2. The van der Waals surface area contributed by atoms with Gasteiger partial charge in [0.15, 0.2) is 6.04 Å². The zero-order chi connectivity index (χ0) is 25.0. The molecule has 2 heterocycles. The highest BCUT2D eigenvalue weighted by molar-refractivity contribution is 5.83. The van der Waals surface area contributed by atoms with Crippen molar-refractivity contribution in [3.8, 4) is 17.0 Å². The number of benzene rings is 2. The van der Waals surface area contributed by atoms with Crippen molar-refractivity contribution in [1.82, 2.24) is 25.2 Å². The second-order valence-electron chi connectivity index (χ2n) is 10.9. The molecule has 0 aliphatic heterocycles. The van der Waals surface area contributed by atoms with Crippen LogP contribution < -0.4 is 0 Å². The second kappa shape index (κ2) is 8.40. The zero-order valence-electron chi connectivity index (χ0n) is 20.4. The minimum Gasteiger partial charge on any atom is -0.507 e. The Morgan fingerprint density at radius 1 is 1.00 bits per heavy atom. The summed E-state index contributed by atoms with van der Waals surface area (Å²) in [6.07, 6.45) is 6.29. The molecule has 0 bridgehead atoms. The second-order valence-corrected chi connectivity index (χ2v) is 10.9. The summed E-state index contributed by atoms with van der Waals surface area (Å²) in [4.78, 5) is 11.6. The summed E-state index contributed by atoms with van der Waals surface area (Å²) in [5, 5.41) is 37.9. The molecular formula is C28H29N5O3. The van der Waals surface area contributed by atoms with Gasteiger partial charge in [0.05, 0.1) is 16.9 Å². The minimum atomic E-state index is -0.872. The van der Waals surface area contributed by atoms with E-state index in [-0.39, 0.29) is 11.7 Å². The van der Waals surface area contributed by atoms with Gasteiger partial charge in [-0.1, -0.05) is 43.3 Å². The average molecular weight is 484 g/mol. The van der Waals surface area contributed by atoms with Gasteiger partial charge < -0.3 is 10.2 Å². The number of carbonyl (C=O) groups is 1. The van der Waals surface area contributed by atoms with Crippen molar-refractivity contribution in [2.24, 2.45) is 11.3 Å². The van der Waals surface area contributed by atoms with Crippen LogP contribution in [0.15, 0.2) is 54.7 Å². The van der Waals surface area contributed by atoms with E-state index in [4.69, 9.17) is 0 Å². The van der Waals surface area contributed by atoms with E-state index in [1.807, 2.05) is 38.2 Å². The van der Waals surface area contributed by atoms with E-state index in [0.717, 1.165) is 42.3 Å². The van der Waals surface area contributed by atoms with E-state index in [1.54, 1.807) is 12.1 Å². The summed E-state index contributed by atoms with van der Waals surface area (Å²) in [5.74, 6) is 0.147. The van der Waals surface area contributed by atoms with E-state index < -0.39 is 12.0 Å². The van der Waals surface area contributed by atoms with Gasteiger partial charge in [0.1, 0.15) is 5.75 Å². The smallest absolute Gasteiger partial charge is 0.328 e. The Morgan fingerprint density at radius 2 is 1.75 bits per heavy atom. The summed E-state index contributed by atoms with van der Waals surface area (Å²) in [6.45, 7) is 3.77. The molecule has 2 aromatic carbocycles. The zero-order valence-corrected chi connectivity index (χ0v) is 20.4. The van der Waals surface area contributed by atoms with Crippen molar-refractivity contribution in [1.29, 1.82) is 0 Å². The molecule has 8 heteroatoms. The molecular weight excluding hydrogens is 454 g/mol. The van der Waals surface area contributed by atoms with Crippen LogP contribution in [0.5, 0.6) is 5.75 Å². The predicted molar refractivity (Wildman–Crippen MR) is 135 cm³/mol. The number of aliphatic carboxylic acids is 1. The third kappa shape index (κ3) is 3.81. The summed E-state index contributed by atoms with van der Waals surface area (Å²) in [7, 11) is 0. The molecule has 1 spiro atoms. The maximum Gasteiger partial charge on any atom is 0.328 e. The first-order valence-electron chi connectivity index (χ1n) is 12.5. The number of nitrogens with zero attached hydrogens (tertiary/aromatic N) is 5. The van der Waals surface area contributed by atoms with Crippen molar-refractivity contribution in [3.63, 3.8) is 0 Å². The van der Waals surface area contributed by atoms with Crippen LogP contribution in [0.2, 0.25) is 0 Å². The van der Waals surface area contributed by atoms with Crippen LogP contribution >= 0.6 is 0 Å². The molecule has 4 aromatic rings. The minimum absolute atomic E-state index is 0.0547. The number of phenols is 1. The molecule has 0 amide bonds. The molecule has 2 aliphatic rings. The first-order chi connectivity index (χ1) is 17.3. The van der Waals surface area contributed by atoms with Crippen LogP contribution in [-0.2, 0) is 4.79 Å². The third-order valence-corrected chi connectivity index (χ3v) is 8.10. The Hall–Kier alpha value is -3.81. The topological polar surface area (TPSA) is 114 Å². The van der Waals surface area contributed by atoms with Gasteiger partial charge in [0, 0.05) is 23.1 Å². The van der Waals surface area contributed by atoms with Crippen molar-refractivity contribution < 1.29 is 15.0 Å². The number of carboxylic acid groups (broad SMARTS) is 1. The summed E-state index contributed by atoms with van der Waals surface area (Å²) < 4.78 is 1.51. The lowest BCUT2D eigenvalue weighted by molar-refractivity contribution is -0.142. The van der Waals surface area contributed by atoms with Gasteiger partial charge in [-0.2, -0.15) is 0 Å². The van der Waals surface area contributed by atoms with E-state index in [9.17, 15) is 15.0 Å². The lowest BCUT2D eigenvalue weighted by atomic mass is 9.47. The van der Waals surface area contributed by atoms with E-state index in [2.05, 4.69) is 38.7 Å². The molecule has 2 aromatic heterocycles. The van der Waals surface area contributed by atoms with Crippen LogP contribution in [0, 0.1) is 11.3 Å². The molecule has 0 radical (unpaired) electrons. The Bertz CT molecular complexity index is 1450. The molecule has 0 saturated heterocycles. The fourth-order valence-electron chi connectivity index (χ4n) is 6.20. The maximum atomic E-state index is 11.6. The summed E-state index contributed by atoms with van der Waals surface area (Å²) in [5.41, 5.74) is 4.79. The first-order valence-corrected chi connectivity index (χ1v) is 12.5. The highest BCUT2D eigenvalue weighted by Gasteiger charge is 2.54. The van der Waals surface area contributed by atoms with Gasteiger partial charge in [-0.25, -0.2) is 9.48 Å². The van der Waals surface area contributed by atoms with Gasteiger partial charge in [0.2, 0.25) is 0 Å². The Labute approximate surface area is 209 Å². The maximum absolute atomic E-state index is 11.6. The molecule has 2 aliphatic carbocycles. The number of phenolic OH excluding ortho intramolecular Hbond substituents is 1. The molecule has 6 rings (SSSR count). The quantitative estimate of drug-likeness (QED) is 0.382.